The first kappa shape index (κ1) is 9.54. The van der Waals surface area contributed by atoms with Crippen LogP contribution < -0.4 is 0 Å². The molecule has 0 aromatic heterocycles. The van der Waals surface area contributed by atoms with Crippen LogP contribution in [0.3, 0.4) is 0 Å². The van der Waals surface area contributed by atoms with Gasteiger partial charge in [-0.3, -0.25) is 14.9 Å². The normalized spacial score (nSPS) is 8.82. The lowest BCUT2D eigenvalue weighted by molar-refractivity contribution is -0.401. The summed E-state index contributed by atoms with van der Waals surface area (Å²) in [4.78, 5) is 29.2. The van der Waals surface area contributed by atoms with Crippen molar-refractivity contribution in [3.8, 4) is 0 Å². The van der Waals surface area contributed by atoms with Crippen molar-refractivity contribution in [2.24, 2.45) is 0 Å². The number of carbonyl (C=O) groups is 2. The Morgan fingerprint density at radius 2 is 2.09 bits per heavy atom. The second kappa shape index (κ2) is 4.37. The molecule has 0 spiro atoms. The molecule has 0 aliphatic carbocycles. The van der Waals surface area contributed by atoms with E-state index in [1.54, 1.807) is 6.92 Å². The summed E-state index contributed by atoms with van der Waals surface area (Å²) in [5, 5.41) is 9.69. The molecule has 0 radical (unpaired) electrons. The summed E-state index contributed by atoms with van der Waals surface area (Å²) in [7, 11) is 0. The molecular weight excluding hydrogens is 154 g/mol. The molecule has 0 aliphatic rings. The first-order chi connectivity index (χ1) is 5.07. The Hall–Kier alpha value is -1.46. The maximum Gasteiger partial charge on any atom is 0.455 e. The molecular formula is C5H7NO5. The standard InChI is InChI=1S/C5H7NO5/c1-2-11-5(8)3-4(7)6(9)10/h2-3H2,1H3. The molecule has 0 aromatic rings. The third-order valence-corrected chi connectivity index (χ3v) is 0.805. The highest BCUT2D eigenvalue weighted by molar-refractivity contribution is 5.90. The number of hydrogen-bond acceptors (Lipinski definition) is 5. The molecule has 1 amide bonds. The average Bonchev–Trinajstić information content (AvgIpc) is 1.87. The molecule has 6 heteroatoms. The van der Waals surface area contributed by atoms with E-state index >= 15 is 0 Å². The number of rotatable bonds is 3. The number of nitro groups is 1. The van der Waals surface area contributed by atoms with Gasteiger partial charge in [0.25, 0.3) is 0 Å². The fourth-order valence-corrected chi connectivity index (χ4v) is 0.400. The highest BCUT2D eigenvalue weighted by Gasteiger charge is 2.20. The minimum absolute atomic E-state index is 0.115. The van der Waals surface area contributed by atoms with Crippen LogP contribution in [0.15, 0.2) is 0 Å². The molecule has 0 heterocycles. The summed E-state index contributed by atoms with van der Waals surface area (Å²) >= 11 is 0. The van der Waals surface area contributed by atoms with Crippen LogP contribution >= 0.6 is 0 Å². The zero-order valence-electron chi connectivity index (χ0n) is 5.90. The van der Waals surface area contributed by atoms with Gasteiger partial charge in [0, 0.05) is 0 Å². The Morgan fingerprint density at radius 3 is 2.45 bits per heavy atom. The number of amides is 1. The minimum Gasteiger partial charge on any atom is -0.465 e. The molecule has 0 N–H and O–H groups in total. The molecule has 0 bridgehead atoms. The molecule has 0 unspecified atom stereocenters. The van der Waals surface area contributed by atoms with Crippen LogP contribution in [0.5, 0.6) is 0 Å². The maximum absolute atomic E-state index is 10.4. The van der Waals surface area contributed by atoms with Crippen LogP contribution in [0.25, 0.3) is 0 Å². The Balaban J connectivity index is 3.76. The van der Waals surface area contributed by atoms with E-state index in [4.69, 9.17) is 0 Å². The monoisotopic (exact) mass is 161 g/mol. The van der Waals surface area contributed by atoms with E-state index in [0.29, 0.717) is 0 Å². The average molecular weight is 161 g/mol. The van der Waals surface area contributed by atoms with E-state index in [1.807, 2.05) is 0 Å². The van der Waals surface area contributed by atoms with Gasteiger partial charge in [-0.25, -0.2) is 4.79 Å². The predicted molar refractivity (Wildman–Crippen MR) is 33.3 cm³/mol. The molecule has 11 heavy (non-hydrogen) atoms. The molecule has 0 aromatic carbocycles. The Morgan fingerprint density at radius 1 is 1.55 bits per heavy atom. The number of ether oxygens (including phenoxy) is 1. The van der Waals surface area contributed by atoms with Crippen molar-refractivity contribution in [2.75, 3.05) is 6.61 Å². The van der Waals surface area contributed by atoms with Crippen molar-refractivity contribution >= 4 is 11.9 Å². The lowest BCUT2D eigenvalue weighted by Gasteiger charge is -1.95. The zero-order valence-corrected chi connectivity index (χ0v) is 5.90. The molecule has 0 fully saturated rings. The van der Waals surface area contributed by atoms with Gasteiger partial charge in [-0.1, -0.05) is 0 Å². The van der Waals surface area contributed by atoms with Gasteiger partial charge in [-0.15, -0.1) is 0 Å². The Kier molecular flexibility index (Phi) is 3.79. The van der Waals surface area contributed by atoms with E-state index in [-0.39, 0.29) is 6.61 Å². The van der Waals surface area contributed by atoms with Crippen molar-refractivity contribution in [1.29, 1.82) is 0 Å². The first-order valence-electron chi connectivity index (χ1n) is 2.90. The van der Waals surface area contributed by atoms with Gasteiger partial charge in [0.15, 0.2) is 6.42 Å². The summed E-state index contributed by atoms with van der Waals surface area (Å²) in [5.74, 6) is -2.21. The fraction of sp³-hybridized carbons (Fsp3) is 0.600. The maximum atomic E-state index is 10.4. The van der Waals surface area contributed by atoms with Crippen molar-refractivity contribution in [3.63, 3.8) is 0 Å². The highest BCUT2D eigenvalue weighted by Crippen LogP contribution is 1.88. The van der Waals surface area contributed by atoms with Gasteiger partial charge in [0.2, 0.25) is 0 Å². The second-order valence-electron chi connectivity index (χ2n) is 1.63. The quantitative estimate of drug-likeness (QED) is 0.246. The third kappa shape index (κ3) is 4.01. The fourth-order valence-electron chi connectivity index (χ4n) is 0.400. The van der Waals surface area contributed by atoms with Crippen molar-refractivity contribution in [1.82, 2.24) is 0 Å². The largest absolute Gasteiger partial charge is 0.465 e. The van der Waals surface area contributed by atoms with Gasteiger partial charge in [-0.2, -0.15) is 0 Å². The number of esters is 1. The summed E-state index contributed by atoms with van der Waals surface area (Å²) < 4.78 is 4.30. The summed E-state index contributed by atoms with van der Waals surface area (Å²) in [5.41, 5.74) is 0. The predicted octanol–water partition coefficient (Wildman–Crippen LogP) is -0.257. The first-order valence-corrected chi connectivity index (χ1v) is 2.90. The van der Waals surface area contributed by atoms with Crippen LogP contribution in [0.1, 0.15) is 13.3 Å². The van der Waals surface area contributed by atoms with Gasteiger partial charge in [0.1, 0.15) is 4.92 Å². The SMILES string of the molecule is CCOC(=O)CC(=O)[N+](=O)[O-]. The van der Waals surface area contributed by atoms with Gasteiger partial charge >= 0.3 is 11.9 Å². The number of carbonyl (C=O) groups excluding carboxylic acids is 2. The summed E-state index contributed by atoms with van der Waals surface area (Å²) in [6.45, 7) is 1.67. The van der Waals surface area contributed by atoms with E-state index in [9.17, 15) is 19.7 Å². The van der Waals surface area contributed by atoms with Crippen LogP contribution in [-0.4, -0.2) is 23.4 Å². The van der Waals surface area contributed by atoms with E-state index < -0.39 is 23.2 Å². The van der Waals surface area contributed by atoms with Crippen LogP contribution in [-0.2, 0) is 14.3 Å². The van der Waals surface area contributed by atoms with E-state index in [0.717, 1.165) is 0 Å². The Labute approximate surface area is 62.3 Å². The van der Waals surface area contributed by atoms with Crippen LogP contribution in [0.2, 0.25) is 0 Å². The van der Waals surface area contributed by atoms with Crippen molar-refractivity contribution < 1.29 is 19.2 Å². The van der Waals surface area contributed by atoms with Crippen molar-refractivity contribution in [2.45, 2.75) is 13.3 Å². The van der Waals surface area contributed by atoms with E-state index in [2.05, 4.69) is 4.74 Å². The lowest BCUT2D eigenvalue weighted by atomic mass is 10.4. The Bertz CT molecular complexity index is 187. The number of nitrogens with zero attached hydrogens (tertiary/aromatic N) is 1. The van der Waals surface area contributed by atoms with Crippen molar-refractivity contribution in [3.05, 3.63) is 10.1 Å². The molecule has 0 aliphatic heterocycles. The zero-order chi connectivity index (χ0) is 8.85. The van der Waals surface area contributed by atoms with Gasteiger partial charge in [-0.05, 0) is 6.92 Å². The molecule has 0 saturated heterocycles. The lowest BCUT2D eigenvalue weighted by Crippen LogP contribution is -2.17. The number of hydrogen-bond donors (Lipinski definition) is 0. The molecule has 62 valence electrons. The van der Waals surface area contributed by atoms with Gasteiger partial charge < -0.3 is 4.74 Å². The van der Waals surface area contributed by atoms with E-state index in [1.165, 1.54) is 0 Å². The highest BCUT2D eigenvalue weighted by atomic mass is 16.6. The second-order valence-corrected chi connectivity index (χ2v) is 1.63. The topological polar surface area (TPSA) is 86.5 Å². The summed E-state index contributed by atoms with van der Waals surface area (Å²) in [6, 6.07) is 0. The molecule has 0 atom stereocenters. The third-order valence-electron chi connectivity index (χ3n) is 0.805. The summed E-state index contributed by atoms with van der Waals surface area (Å²) in [6.07, 6.45) is -0.791. The van der Waals surface area contributed by atoms with Crippen LogP contribution in [0.4, 0.5) is 0 Å². The molecule has 6 nitrogen and oxygen atoms in total. The molecule has 0 rings (SSSR count). The smallest absolute Gasteiger partial charge is 0.455 e. The molecule has 0 saturated carbocycles. The van der Waals surface area contributed by atoms with Crippen LogP contribution in [0, 0.1) is 10.1 Å². The van der Waals surface area contributed by atoms with Gasteiger partial charge in [0.05, 0.1) is 6.61 Å². The minimum atomic E-state index is -1.34.